The Morgan fingerprint density at radius 2 is 2.05 bits per heavy atom. The minimum atomic E-state index is 0.0255. The average Bonchev–Trinajstić information content (AvgIpc) is 2.92. The highest BCUT2D eigenvalue weighted by atomic mass is 35.5. The predicted molar refractivity (Wildman–Crippen MR) is 88.2 cm³/mol. The molecule has 0 radical (unpaired) electrons. The third-order valence-electron chi connectivity index (χ3n) is 3.13. The fourth-order valence-corrected chi connectivity index (χ4v) is 3.19. The van der Waals surface area contributed by atoms with Crippen LogP contribution < -0.4 is 11.1 Å². The molecular weight excluding hydrogens is 306 g/mol. The topological polar surface area (TPSA) is 70.6 Å². The van der Waals surface area contributed by atoms with E-state index in [9.17, 15) is 0 Å². The van der Waals surface area contributed by atoms with Crippen molar-refractivity contribution in [3.63, 3.8) is 0 Å². The molecule has 112 valence electrons. The summed E-state index contributed by atoms with van der Waals surface area (Å²) in [6.45, 7) is 0.801. The molecule has 1 heterocycles. The molecule has 6 heteroatoms. The Balaban J connectivity index is 1.96. The van der Waals surface area contributed by atoms with E-state index in [4.69, 9.17) is 22.5 Å². The number of amidine groups is 1. The fraction of sp³-hybridized carbons (Fsp3) is 0.267. The van der Waals surface area contributed by atoms with Crippen molar-refractivity contribution >= 4 is 28.8 Å². The maximum absolute atomic E-state index is 8.76. The summed E-state index contributed by atoms with van der Waals surface area (Å²) >= 11 is 7.51. The lowest BCUT2D eigenvalue weighted by Crippen LogP contribution is -2.28. The average molecular weight is 324 g/mol. The number of rotatable bonds is 7. The van der Waals surface area contributed by atoms with Gasteiger partial charge in [-0.1, -0.05) is 47.1 Å². The van der Waals surface area contributed by atoms with Crippen molar-refractivity contribution in [2.75, 3.05) is 6.54 Å². The number of hydrogen-bond acceptors (Lipinski definition) is 4. The van der Waals surface area contributed by atoms with Crippen molar-refractivity contribution in [1.82, 2.24) is 5.32 Å². The van der Waals surface area contributed by atoms with E-state index in [1.165, 1.54) is 4.88 Å². The van der Waals surface area contributed by atoms with Gasteiger partial charge < -0.3 is 16.3 Å². The van der Waals surface area contributed by atoms with Gasteiger partial charge >= 0.3 is 0 Å². The number of hydrogen-bond donors (Lipinski definition) is 3. The van der Waals surface area contributed by atoms with Gasteiger partial charge in [-0.3, -0.25) is 0 Å². The number of nitrogens with zero attached hydrogens (tertiary/aromatic N) is 1. The van der Waals surface area contributed by atoms with Gasteiger partial charge in [0.05, 0.1) is 4.34 Å². The molecule has 4 N–H and O–H groups in total. The minimum absolute atomic E-state index is 0.0255. The zero-order chi connectivity index (χ0) is 15.1. The van der Waals surface area contributed by atoms with E-state index in [1.54, 1.807) is 11.3 Å². The first-order valence-corrected chi connectivity index (χ1v) is 7.87. The number of benzene rings is 1. The van der Waals surface area contributed by atoms with Gasteiger partial charge in [-0.25, -0.2) is 0 Å². The summed E-state index contributed by atoms with van der Waals surface area (Å²) in [4.78, 5) is 1.24. The molecule has 21 heavy (non-hydrogen) atoms. The van der Waals surface area contributed by atoms with Gasteiger partial charge in [0.2, 0.25) is 0 Å². The molecule has 0 fully saturated rings. The van der Waals surface area contributed by atoms with Crippen molar-refractivity contribution in [1.29, 1.82) is 0 Å². The lowest BCUT2D eigenvalue weighted by Gasteiger charge is -2.18. The Bertz CT molecular complexity index is 586. The summed E-state index contributed by atoms with van der Waals surface area (Å²) in [6.07, 6.45) is 1.36. The molecule has 0 aliphatic carbocycles. The molecule has 2 aromatic rings. The summed E-state index contributed by atoms with van der Waals surface area (Å²) in [5, 5.41) is 15.3. The molecule has 1 aromatic carbocycles. The molecule has 2 rings (SSSR count). The molecule has 0 bridgehead atoms. The van der Waals surface area contributed by atoms with Crippen LogP contribution in [0.3, 0.4) is 0 Å². The first-order valence-electron chi connectivity index (χ1n) is 6.68. The zero-order valence-corrected chi connectivity index (χ0v) is 13.1. The summed E-state index contributed by atoms with van der Waals surface area (Å²) in [5.74, 6) is 0.218. The van der Waals surface area contributed by atoms with Gasteiger partial charge in [0.25, 0.3) is 0 Å². The normalized spacial score (nSPS) is 13.3. The number of nitrogens with one attached hydrogen (secondary N) is 1. The van der Waals surface area contributed by atoms with Crippen molar-refractivity contribution in [3.8, 4) is 0 Å². The van der Waals surface area contributed by atoms with Gasteiger partial charge in [0, 0.05) is 23.9 Å². The lowest BCUT2D eigenvalue weighted by atomic mass is 10.0. The van der Waals surface area contributed by atoms with Crippen molar-refractivity contribution < 1.29 is 5.21 Å². The second kappa shape index (κ2) is 8.02. The molecule has 0 aliphatic rings. The van der Waals surface area contributed by atoms with Crippen LogP contribution in [0.15, 0.2) is 47.6 Å². The minimum Gasteiger partial charge on any atom is -0.409 e. The standard InChI is InChI=1S/C15H18ClN3OS/c16-14-7-6-12(21-14)8-9-18-13(10-15(17)19-20)11-4-2-1-3-5-11/h1-7,13,18,20H,8-10H2,(H2,17,19). The van der Waals surface area contributed by atoms with Gasteiger partial charge in [-0.05, 0) is 24.1 Å². The van der Waals surface area contributed by atoms with Crippen molar-refractivity contribution in [2.45, 2.75) is 18.9 Å². The highest BCUT2D eigenvalue weighted by Crippen LogP contribution is 2.22. The number of thiophene rings is 1. The molecule has 1 unspecified atom stereocenters. The van der Waals surface area contributed by atoms with Crippen molar-refractivity contribution in [3.05, 3.63) is 57.2 Å². The SMILES string of the molecule is N/C(CC(NCCc1ccc(Cl)s1)c1ccccc1)=N/O. The molecule has 0 spiro atoms. The molecule has 0 saturated carbocycles. The summed E-state index contributed by atoms with van der Waals surface area (Å²) in [5.41, 5.74) is 6.76. The Kier molecular flexibility index (Phi) is 6.04. The number of nitrogens with two attached hydrogens (primary N) is 1. The van der Waals surface area contributed by atoms with Crippen LogP contribution in [0.2, 0.25) is 4.34 Å². The van der Waals surface area contributed by atoms with E-state index in [0.29, 0.717) is 6.42 Å². The van der Waals surface area contributed by atoms with E-state index >= 15 is 0 Å². The monoisotopic (exact) mass is 323 g/mol. The predicted octanol–water partition coefficient (Wildman–Crippen LogP) is 3.41. The maximum Gasteiger partial charge on any atom is 0.141 e. The molecular formula is C15H18ClN3OS. The van der Waals surface area contributed by atoms with Crippen molar-refractivity contribution in [2.24, 2.45) is 10.9 Å². The maximum atomic E-state index is 8.76. The van der Waals surface area contributed by atoms with Gasteiger partial charge in [0.1, 0.15) is 5.84 Å². The Morgan fingerprint density at radius 1 is 1.29 bits per heavy atom. The molecule has 1 aromatic heterocycles. The first-order chi connectivity index (χ1) is 10.2. The first kappa shape index (κ1) is 15.8. The smallest absolute Gasteiger partial charge is 0.141 e. The molecule has 4 nitrogen and oxygen atoms in total. The van der Waals surface area contributed by atoms with E-state index in [0.717, 1.165) is 22.9 Å². The van der Waals surface area contributed by atoms with Crippen LogP contribution in [0.4, 0.5) is 0 Å². The van der Waals surface area contributed by atoms with Crippen LogP contribution >= 0.6 is 22.9 Å². The highest BCUT2D eigenvalue weighted by Gasteiger charge is 2.13. The molecule has 0 aliphatic heterocycles. The van der Waals surface area contributed by atoms with Crippen LogP contribution in [-0.2, 0) is 6.42 Å². The van der Waals surface area contributed by atoms with Gasteiger partial charge in [0.15, 0.2) is 0 Å². The van der Waals surface area contributed by atoms with E-state index in [2.05, 4.69) is 10.5 Å². The number of halogens is 1. The van der Waals surface area contributed by atoms with E-state index in [-0.39, 0.29) is 11.9 Å². The zero-order valence-electron chi connectivity index (χ0n) is 11.5. The van der Waals surface area contributed by atoms with Crippen LogP contribution in [0.25, 0.3) is 0 Å². The third kappa shape index (κ3) is 5.04. The molecule has 0 amide bonds. The number of oxime groups is 1. The second-order valence-electron chi connectivity index (χ2n) is 4.67. The lowest BCUT2D eigenvalue weighted by molar-refractivity contribution is 0.315. The van der Waals surface area contributed by atoms with E-state index < -0.39 is 0 Å². The van der Waals surface area contributed by atoms with Crippen LogP contribution in [0.5, 0.6) is 0 Å². The van der Waals surface area contributed by atoms with Gasteiger partial charge in [-0.2, -0.15) is 0 Å². The summed E-state index contributed by atoms with van der Waals surface area (Å²) in [6, 6.07) is 14.0. The largest absolute Gasteiger partial charge is 0.409 e. The fourth-order valence-electron chi connectivity index (χ4n) is 2.10. The van der Waals surface area contributed by atoms with Crippen LogP contribution in [0, 0.1) is 0 Å². The van der Waals surface area contributed by atoms with Crippen LogP contribution in [-0.4, -0.2) is 17.6 Å². The second-order valence-corrected chi connectivity index (χ2v) is 6.47. The van der Waals surface area contributed by atoms with Gasteiger partial charge in [-0.15, -0.1) is 11.3 Å². The van der Waals surface area contributed by atoms with Crippen LogP contribution in [0.1, 0.15) is 22.9 Å². The Labute approximate surface area is 133 Å². The summed E-state index contributed by atoms with van der Waals surface area (Å²) < 4.78 is 0.807. The molecule has 1 atom stereocenters. The molecule has 0 saturated heterocycles. The van der Waals surface area contributed by atoms with E-state index in [1.807, 2.05) is 42.5 Å². The summed E-state index contributed by atoms with van der Waals surface area (Å²) in [7, 11) is 0. The third-order valence-corrected chi connectivity index (χ3v) is 4.43. The quantitative estimate of drug-likeness (QED) is 0.316. The highest BCUT2D eigenvalue weighted by molar-refractivity contribution is 7.16. The Morgan fingerprint density at radius 3 is 2.67 bits per heavy atom. The Hall–Kier alpha value is -1.56.